The second-order valence-electron chi connectivity index (χ2n) is 5.36. The van der Waals surface area contributed by atoms with Crippen molar-refractivity contribution in [3.63, 3.8) is 0 Å². The first kappa shape index (κ1) is 17.5. The third-order valence-electron chi connectivity index (χ3n) is 3.51. The average molecular weight is 328 g/mol. The van der Waals surface area contributed by atoms with E-state index < -0.39 is 5.97 Å². The van der Waals surface area contributed by atoms with Gasteiger partial charge in [0.05, 0.1) is 17.9 Å². The Hall–Kier alpha value is -2.89. The molecule has 0 saturated heterocycles. The molecule has 126 valence electrons. The summed E-state index contributed by atoms with van der Waals surface area (Å²) in [5.41, 5.74) is 1.69. The molecule has 0 fully saturated rings. The van der Waals surface area contributed by atoms with Crippen LogP contribution in [0, 0.1) is 13.8 Å². The van der Waals surface area contributed by atoms with Crippen molar-refractivity contribution >= 4 is 11.9 Å². The second kappa shape index (κ2) is 8.10. The third kappa shape index (κ3) is 4.55. The minimum Gasteiger partial charge on any atom is -0.493 e. The Kier molecular flexibility index (Phi) is 5.89. The van der Waals surface area contributed by atoms with E-state index in [0.717, 1.165) is 11.3 Å². The zero-order valence-corrected chi connectivity index (χ0v) is 13.7. The molecule has 1 amide bonds. The summed E-state index contributed by atoms with van der Waals surface area (Å²) in [5.74, 6) is -0.545. The van der Waals surface area contributed by atoms with E-state index in [1.807, 2.05) is 31.2 Å². The zero-order chi connectivity index (χ0) is 17.5. The Labute approximate surface area is 140 Å². The average Bonchev–Trinajstić information content (AvgIpc) is 2.55. The highest BCUT2D eigenvalue weighted by Gasteiger charge is 2.12. The van der Waals surface area contributed by atoms with Crippen molar-refractivity contribution in [2.24, 2.45) is 0 Å². The van der Waals surface area contributed by atoms with Gasteiger partial charge in [-0.15, -0.1) is 0 Å². The summed E-state index contributed by atoms with van der Waals surface area (Å²) in [6.45, 7) is 4.49. The van der Waals surface area contributed by atoms with Gasteiger partial charge in [0.25, 0.3) is 5.91 Å². The van der Waals surface area contributed by atoms with E-state index in [4.69, 9.17) is 9.84 Å². The Morgan fingerprint density at radius 2 is 1.92 bits per heavy atom. The predicted octanol–water partition coefficient (Wildman–Crippen LogP) is 2.60. The Morgan fingerprint density at radius 3 is 2.58 bits per heavy atom. The summed E-state index contributed by atoms with van der Waals surface area (Å²) >= 11 is 0. The number of nitrogens with zero attached hydrogens (tertiary/aromatic N) is 1. The van der Waals surface area contributed by atoms with Gasteiger partial charge in [-0.25, -0.2) is 9.78 Å². The number of para-hydroxylation sites is 1. The van der Waals surface area contributed by atoms with Crippen LogP contribution in [0.5, 0.6) is 5.75 Å². The van der Waals surface area contributed by atoms with Crippen molar-refractivity contribution in [3.8, 4) is 5.75 Å². The monoisotopic (exact) mass is 328 g/mol. The molecule has 0 radical (unpaired) electrons. The van der Waals surface area contributed by atoms with Crippen LogP contribution >= 0.6 is 0 Å². The zero-order valence-electron chi connectivity index (χ0n) is 13.7. The number of carboxylic acid groups (broad SMARTS) is 1. The van der Waals surface area contributed by atoms with Crippen LogP contribution < -0.4 is 10.1 Å². The molecule has 1 aromatic heterocycles. The number of aromatic carboxylic acids is 1. The normalized spacial score (nSPS) is 10.2. The van der Waals surface area contributed by atoms with Crippen molar-refractivity contribution in [1.82, 2.24) is 10.3 Å². The second-order valence-corrected chi connectivity index (χ2v) is 5.36. The fraction of sp³-hybridized carbons (Fsp3) is 0.278. The molecule has 0 unspecified atom stereocenters. The van der Waals surface area contributed by atoms with E-state index in [9.17, 15) is 9.59 Å². The fourth-order valence-corrected chi connectivity index (χ4v) is 2.18. The molecular weight excluding hydrogens is 308 g/mol. The lowest BCUT2D eigenvalue weighted by molar-refractivity contribution is 0.0694. The van der Waals surface area contributed by atoms with Gasteiger partial charge in [0, 0.05) is 6.54 Å². The van der Waals surface area contributed by atoms with E-state index >= 15 is 0 Å². The molecule has 0 atom stereocenters. The Balaban J connectivity index is 1.78. The maximum Gasteiger partial charge on any atom is 0.337 e. The van der Waals surface area contributed by atoms with Gasteiger partial charge in [0.15, 0.2) is 0 Å². The number of hydrogen-bond acceptors (Lipinski definition) is 4. The quantitative estimate of drug-likeness (QED) is 0.763. The highest BCUT2D eigenvalue weighted by atomic mass is 16.5. The number of benzene rings is 1. The number of nitrogens with one attached hydrogen (secondary N) is 1. The van der Waals surface area contributed by atoms with Gasteiger partial charge in [0.1, 0.15) is 11.4 Å². The Bertz CT molecular complexity index is 744. The minimum atomic E-state index is -1.06. The first-order valence-electron chi connectivity index (χ1n) is 7.66. The molecule has 2 aromatic rings. The molecule has 24 heavy (non-hydrogen) atoms. The van der Waals surface area contributed by atoms with E-state index in [1.165, 1.54) is 12.1 Å². The molecule has 0 saturated carbocycles. The summed E-state index contributed by atoms with van der Waals surface area (Å²) in [6.07, 6.45) is 0.659. The summed E-state index contributed by atoms with van der Waals surface area (Å²) in [6, 6.07) is 10.6. The van der Waals surface area contributed by atoms with E-state index in [-0.39, 0.29) is 17.2 Å². The number of amides is 1. The molecule has 2 N–H and O–H groups in total. The predicted molar refractivity (Wildman–Crippen MR) is 89.6 cm³/mol. The lowest BCUT2D eigenvalue weighted by atomic mass is 10.2. The number of rotatable bonds is 7. The van der Waals surface area contributed by atoms with Gasteiger partial charge in [0.2, 0.25) is 0 Å². The van der Waals surface area contributed by atoms with Gasteiger partial charge in [-0.1, -0.05) is 18.2 Å². The van der Waals surface area contributed by atoms with Crippen LogP contribution in [0.4, 0.5) is 0 Å². The molecule has 1 aromatic carbocycles. The van der Waals surface area contributed by atoms with Crippen LogP contribution in [0.3, 0.4) is 0 Å². The third-order valence-corrected chi connectivity index (χ3v) is 3.51. The van der Waals surface area contributed by atoms with Crippen molar-refractivity contribution in [1.29, 1.82) is 0 Å². The molecule has 2 rings (SSSR count). The van der Waals surface area contributed by atoms with Gasteiger partial charge in [-0.3, -0.25) is 4.79 Å². The number of carboxylic acids is 1. The number of carbonyl (C=O) groups is 2. The number of hydrogen-bond donors (Lipinski definition) is 2. The smallest absolute Gasteiger partial charge is 0.337 e. The van der Waals surface area contributed by atoms with Gasteiger partial charge >= 0.3 is 5.97 Å². The van der Waals surface area contributed by atoms with E-state index in [0.29, 0.717) is 25.3 Å². The summed E-state index contributed by atoms with van der Waals surface area (Å²) in [7, 11) is 0. The first-order valence-corrected chi connectivity index (χ1v) is 7.66. The number of pyridine rings is 1. The molecular formula is C18H20N2O4. The van der Waals surface area contributed by atoms with Crippen LogP contribution in [-0.4, -0.2) is 35.1 Å². The largest absolute Gasteiger partial charge is 0.493 e. The molecule has 0 bridgehead atoms. The van der Waals surface area contributed by atoms with Crippen LogP contribution in [-0.2, 0) is 0 Å². The maximum absolute atomic E-state index is 12.0. The van der Waals surface area contributed by atoms with Crippen molar-refractivity contribution in [2.75, 3.05) is 13.2 Å². The summed E-state index contributed by atoms with van der Waals surface area (Å²) in [4.78, 5) is 27.0. The molecule has 0 aliphatic rings. The van der Waals surface area contributed by atoms with E-state index in [2.05, 4.69) is 10.3 Å². The number of aromatic nitrogens is 1. The standard InChI is InChI=1S/C18H20N2O4/c1-12-6-3-4-7-16(12)24-11-5-10-19-17(21)15-9-8-14(18(22)23)13(2)20-15/h3-4,6-9H,5,10-11H2,1-2H3,(H,19,21)(H,22,23). The van der Waals surface area contributed by atoms with Crippen LogP contribution in [0.15, 0.2) is 36.4 Å². The van der Waals surface area contributed by atoms with Crippen molar-refractivity contribution in [3.05, 3.63) is 58.9 Å². The summed E-state index contributed by atoms with van der Waals surface area (Å²) in [5, 5.41) is 11.7. The number of carbonyl (C=O) groups excluding carboxylic acids is 1. The highest BCUT2D eigenvalue weighted by Crippen LogP contribution is 2.16. The molecule has 0 spiro atoms. The highest BCUT2D eigenvalue weighted by molar-refractivity contribution is 5.94. The van der Waals surface area contributed by atoms with Gasteiger partial charge in [-0.2, -0.15) is 0 Å². The first-order chi connectivity index (χ1) is 11.5. The van der Waals surface area contributed by atoms with E-state index in [1.54, 1.807) is 6.92 Å². The minimum absolute atomic E-state index is 0.0955. The lowest BCUT2D eigenvalue weighted by Gasteiger charge is -2.09. The Morgan fingerprint density at radius 1 is 1.17 bits per heavy atom. The fourth-order valence-electron chi connectivity index (χ4n) is 2.18. The number of ether oxygens (including phenoxy) is 1. The van der Waals surface area contributed by atoms with Crippen LogP contribution in [0.25, 0.3) is 0 Å². The van der Waals surface area contributed by atoms with Gasteiger partial charge in [-0.05, 0) is 44.0 Å². The lowest BCUT2D eigenvalue weighted by Crippen LogP contribution is -2.26. The molecule has 6 heteroatoms. The SMILES string of the molecule is Cc1ccccc1OCCCNC(=O)c1ccc(C(=O)O)c(C)n1. The molecule has 6 nitrogen and oxygen atoms in total. The maximum atomic E-state index is 12.0. The summed E-state index contributed by atoms with van der Waals surface area (Å²) < 4.78 is 5.65. The topological polar surface area (TPSA) is 88.5 Å². The molecule has 0 aliphatic heterocycles. The number of aryl methyl sites for hydroxylation is 2. The van der Waals surface area contributed by atoms with Crippen molar-refractivity contribution < 1.29 is 19.4 Å². The van der Waals surface area contributed by atoms with Crippen LogP contribution in [0.2, 0.25) is 0 Å². The molecule has 1 heterocycles. The van der Waals surface area contributed by atoms with Crippen LogP contribution in [0.1, 0.15) is 38.5 Å². The molecule has 0 aliphatic carbocycles. The van der Waals surface area contributed by atoms with Gasteiger partial charge < -0.3 is 15.2 Å². The van der Waals surface area contributed by atoms with Crippen molar-refractivity contribution in [2.45, 2.75) is 20.3 Å².